The van der Waals surface area contributed by atoms with Gasteiger partial charge in [-0.2, -0.15) is 0 Å². The Morgan fingerprint density at radius 1 is 1.27 bits per heavy atom. The van der Waals surface area contributed by atoms with Crippen molar-refractivity contribution < 1.29 is 4.39 Å². The number of hydrogen-bond acceptors (Lipinski definition) is 3. The second-order valence-corrected chi connectivity index (χ2v) is 5.76. The van der Waals surface area contributed by atoms with Crippen molar-refractivity contribution in [3.63, 3.8) is 0 Å². The van der Waals surface area contributed by atoms with Gasteiger partial charge in [-0.05, 0) is 36.2 Å². The summed E-state index contributed by atoms with van der Waals surface area (Å²) in [4.78, 5) is 12.6. The van der Waals surface area contributed by atoms with Crippen molar-refractivity contribution in [1.82, 2.24) is 19.9 Å². The zero-order valence-corrected chi connectivity index (χ0v) is 14.8. The molecule has 0 aliphatic heterocycles. The summed E-state index contributed by atoms with van der Waals surface area (Å²) in [5.41, 5.74) is 3.46. The van der Waals surface area contributed by atoms with Gasteiger partial charge in [-0.25, -0.2) is 9.38 Å². The van der Waals surface area contributed by atoms with E-state index in [1.54, 1.807) is 6.20 Å². The fourth-order valence-corrected chi connectivity index (χ4v) is 2.65. The van der Waals surface area contributed by atoms with E-state index >= 15 is 0 Å². The van der Waals surface area contributed by atoms with Gasteiger partial charge in [0, 0.05) is 25.6 Å². The summed E-state index contributed by atoms with van der Waals surface area (Å²) in [6, 6.07) is 9.14. The molecule has 0 fully saturated rings. The highest BCUT2D eigenvalue weighted by Gasteiger charge is 2.15. The number of pyridine rings is 2. The SMILES string of the molecule is C=C(NC(=Nc1ccncc1F)c1c(CC)ccn1C)c1ccccn1. The molecule has 0 spiro atoms. The standard InChI is InChI=1S/C20H20FN5/c1-4-15-9-12-26(3)19(15)20(25-18-8-11-22-13-16(18)21)24-14(2)17-7-5-6-10-23-17/h5-13H,2,4H2,1,3H3,(H,22,24,25). The molecule has 0 radical (unpaired) electrons. The van der Waals surface area contributed by atoms with Crippen LogP contribution in [0.3, 0.4) is 0 Å². The van der Waals surface area contributed by atoms with Gasteiger partial charge in [0.2, 0.25) is 0 Å². The highest BCUT2D eigenvalue weighted by Crippen LogP contribution is 2.20. The minimum Gasteiger partial charge on any atom is -0.348 e. The number of aryl methyl sites for hydroxylation is 2. The van der Waals surface area contributed by atoms with E-state index in [0.29, 0.717) is 17.2 Å². The number of rotatable bonds is 5. The Morgan fingerprint density at radius 3 is 2.81 bits per heavy atom. The van der Waals surface area contributed by atoms with Crippen LogP contribution in [0.5, 0.6) is 0 Å². The Kier molecular flexibility index (Phi) is 5.22. The van der Waals surface area contributed by atoms with Crippen LogP contribution in [0.2, 0.25) is 0 Å². The number of halogens is 1. The predicted octanol–water partition coefficient (Wildman–Crippen LogP) is 3.86. The Hall–Kier alpha value is -3.28. The number of nitrogens with one attached hydrogen (secondary N) is 1. The summed E-state index contributed by atoms with van der Waals surface area (Å²) in [5, 5.41) is 3.21. The fraction of sp³-hybridized carbons (Fsp3) is 0.150. The van der Waals surface area contributed by atoms with E-state index in [2.05, 4.69) is 33.8 Å². The summed E-state index contributed by atoms with van der Waals surface area (Å²) >= 11 is 0. The Labute approximate surface area is 152 Å². The van der Waals surface area contributed by atoms with Crippen molar-refractivity contribution in [1.29, 1.82) is 0 Å². The Bertz CT molecular complexity index is 944. The van der Waals surface area contributed by atoms with Crippen LogP contribution in [-0.2, 0) is 13.5 Å². The molecule has 0 saturated carbocycles. The molecule has 3 rings (SSSR count). The van der Waals surface area contributed by atoms with Gasteiger partial charge in [-0.15, -0.1) is 0 Å². The zero-order chi connectivity index (χ0) is 18.5. The molecule has 0 aliphatic carbocycles. The van der Waals surface area contributed by atoms with Crippen LogP contribution in [0.15, 0.2) is 66.7 Å². The second kappa shape index (κ2) is 7.74. The first-order valence-corrected chi connectivity index (χ1v) is 8.30. The van der Waals surface area contributed by atoms with Gasteiger partial charge in [-0.1, -0.05) is 19.6 Å². The summed E-state index contributed by atoms with van der Waals surface area (Å²) in [6.07, 6.45) is 7.14. The average Bonchev–Trinajstić information content (AvgIpc) is 3.04. The first-order valence-electron chi connectivity index (χ1n) is 8.30. The molecule has 3 aromatic rings. The van der Waals surface area contributed by atoms with Crippen LogP contribution in [-0.4, -0.2) is 20.4 Å². The van der Waals surface area contributed by atoms with E-state index in [9.17, 15) is 4.39 Å². The normalized spacial score (nSPS) is 11.4. The van der Waals surface area contributed by atoms with E-state index in [4.69, 9.17) is 0 Å². The van der Waals surface area contributed by atoms with Crippen molar-refractivity contribution in [2.45, 2.75) is 13.3 Å². The molecule has 6 heteroatoms. The van der Waals surface area contributed by atoms with Gasteiger partial charge in [-0.3, -0.25) is 9.97 Å². The summed E-state index contributed by atoms with van der Waals surface area (Å²) in [6.45, 7) is 6.12. The smallest absolute Gasteiger partial charge is 0.167 e. The maximum atomic E-state index is 14.1. The lowest BCUT2D eigenvalue weighted by Gasteiger charge is -2.15. The first kappa shape index (κ1) is 17.5. The summed E-state index contributed by atoms with van der Waals surface area (Å²) < 4.78 is 16.0. The van der Waals surface area contributed by atoms with E-state index < -0.39 is 5.82 Å². The lowest BCUT2D eigenvalue weighted by molar-refractivity contribution is 0.623. The van der Waals surface area contributed by atoms with Crippen molar-refractivity contribution in [3.05, 3.63) is 84.5 Å². The molecule has 0 aliphatic rings. The van der Waals surface area contributed by atoms with Crippen LogP contribution in [0.25, 0.3) is 5.70 Å². The van der Waals surface area contributed by atoms with Gasteiger partial charge in [0.15, 0.2) is 11.7 Å². The van der Waals surface area contributed by atoms with Crippen molar-refractivity contribution in [2.75, 3.05) is 0 Å². The molecular weight excluding hydrogens is 329 g/mol. The van der Waals surface area contributed by atoms with Crippen molar-refractivity contribution in [3.8, 4) is 0 Å². The van der Waals surface area contributed by atoms with Gasteiger partial charge in [0.25, 0.3) is 0 Å². The Morgan fingerprint density at radius 2 is 2.12 bits per heavy atom. The molecule has 0 amide bonds. The molecule has 1 N–H and O–H groups in total. The minimum atomic E-state index is -0.484. The van der Waals surface area contributed by atoms with Gasteiger partial charge < -0.3 is 9.88 Å². The minimum absolute atomic E-state index is 0.208. The van der Waals surface area contributed by atoms with Crippen LogP contribution in [0.4, 0.5) is 10.1 Å². The molecule has 132 valence electrons. The third kappa shape index (κ3) is 3.69. The van der Waals surface area contributed by atoms with E-state index in [1.807, 2.05) is 42.1 Å². The van der Waals surface area contributed by atoms with Crippen LogP contribution in [0.1, 0.15) is 23.9 Å². The third-order valence-corrected chi connectivity index (χ3v) is 3.99. The third-order valence-electron chi connectivity index (χ3n) is 3.99. The number of hydrogen-bond donors (Lipinski definition) is 1. The number of nitrogens with zero attached hydrogens (tertiary/aromatic N) is 4. The Balaban J connectivity index is 2.06. The highest BCUT2D eigenvalue weighted by atomic mass is 19.1. The average molecular weight is 349 g/mol. The molecule has 0 saturated heterocycles. The molecule has 0 unspecified atom stereocenters. The topological polar surface area (TPSA) is 55.1 Å². The maximum absolute atomic E-state index is 14.1. The first-order chi connectivity index (χ1) is 12.6. The van der Waals surface area contributed by atoms with E-state index in [-0.39, 0.29) is 5.69 Å². The maximum Gasteiger partial charge on any atom is 0.167 e. The zero-order valence-electron chi connectivity index (χ0n) is 14.8. The number of aromatic nitrogens is 3. The van der Waals surface area contributed by atoms with Gasteiger partial charge in [0.05, 0.1) is 23.3 Å². The number of aliphatic imine (C=N–C) groups is 1. The monoisotopic (exact) mass is 349 g/mol. The van der Waals surface area contributed by atoms with Crippen LogP contribution < -0.4 is 5.32 Å². The van der Waals surface area contributed by atoms with Crippen molar-refractivity contribution >= 4 is 17.2 Å². The molecule has 5 nitrogen and oxygen atoms in total. The summed E-state index contributed by atoms with van der Waals surface area (Å²) in [5.74, 6) is 0.0256. The van der Waals surface area contributed by atoms with Crippen LogP contribution in [0, 0.1) is 5.82 Å². The quantitative estimate of drug-likeness (QED) is 0.562. The van der Waals surface area contributed by atoms with Gasteiger partial charge in [0.1, 0.15) is 5.69 Å². The largest absolute Gasteiger partial charge is 0.348 e. The molecule has 0 aromatic carbocycles. The lowest BCUT2D eigenvalue weighted by Crippen LogP contribution is -2.26. The van der Waals surface area contributed by atoms with Crippen LogP contribution >= 0.6 is 0 Å². The van der Waals surface area contributed by atoms with E-state index in [1.165, 1.54) is 12.3 Å². The summed E-state index contributed by atoms with van der Waals surface area (Å²) in [7, 11) is 1.93. The fourth-order valence-electron chi connectivity index (χ4n) is 2.65. The molecule has 3 aromatic heterocycles. The molecule has 0 atom stereocenters. The second-order valence-electron chi connectivity index (χ2n) is 5.76. The van der Waals surface area contributed by atoms with Gasteiger partial charge >= 0.3 is 0 Å². The highest BCUT2D eigenvalue weighted by molar-refractivity contribution is 6.04. The predicted molar refractivity (Wildman–Crippen MR) is 102 cm³/mol. The molecule has 0 bridgehead atoms. The molecular formula is C20H20FN5. The van der Waals surface area contributed by atoms with Crippen molar-refractivity contribution in [2.24, 2.45) is 12.0 Å². The molecule has 26 heavy (non-hydrogen) atoms. The van der Waals surface area contributed by atoms with E-state index in [0.717, 1.165) is 23.9 Å². The lowest BCUT2D eigenvalue weighted by atomic mass is 10.1. The number of amidine groups is 1. The molecule has 3 heterocycles.